The number of carbonyl (C=O) groups is 2. The Bertz CT molecular complexity index is 770. The average molecular weight is 363 g/mol. The highest BCUT2D eigenvalue weighted by molar-refractivity contribution is 6.34. The maximum Gasteiger partial charge on any atom is 0.263 e. The fraction of sp³-hybridized carbons (Fsp3) is 0.222. The number of nitrogens with one attached hydrogen (secondary N) is 2. The van der Waals surface area contributed by atoms with Crippen LogP contribution in [0, 0.1) is 0 Å². The molecule has 0 bridgehead atoms. The van der Waals surface area contributed by atoms with Crippen molar-refractivity contribution in [3.05, 3.63) is 52.5 Å². The third kappa shape index (κ3) is 4.22. The zero-order valence-electron chi connectivity index (χ0n) is 14.2. The molecule has 132 valence electrons. The van der Waals surface area contributed by atoms with Crippen molar-refractivity contribution in [1.82, 2.24) is 5.32 Å². The molecule has 2 N–H and O–H groups in total. The van der Waals surface area contributed by atoms with Gasteiger partial charge >= 0.3 is 0 Å². The SMILES string of the molecule is CCNC(=O)c1ccc(NC(=O)c2c(OC)cccc2OC)cc1Cl. The summed E-state index contributed by atoms with van der Waals surface area (Å²) in [4.78, 5) is 24.5. The average Bonchev–Trinajstić information content (AvgIpc) is 2.61. The van der Waals surface area contributed by atoms with Crippen LogP contribution in [-0.2, 0) is 0 Å². The minimum absolute atomic E-state index is 0.246. The van der Waals surface area contributed by atoms with E-state index in [9.17, 15) is 9.59 Å². The second-order valence-electron chi connectivity index (χ2n) is 5.05. The standard InChI is InChI=1S/C18H19ClN2O4/c1-4-20-17(22)12-9-8-11(10-13(12)19)21-18(23)16-14(24-2)6-5-7-15(16)25-3/h5-10H,4H2,1-3H3,(H,20,22)(H,21,23). The van der Waals surface area contributed by atoms with E-state index in [4.69, 9.17) is 21.1 Å². The first kappa shape index (κ1) is 18.6. The van der Waals surface area contributed by atoms with E-state index in [0.717, 1.165) is 0 Å². The first-order valence-electron chi connectivity index (χ1n) is 7.61. The van der Waals surface area contributed by atoms with Gasteiger partial charge in [0.1, 0.15) is 17.1 Å². The summed E-state index contributed by atoms with van der Waals surface area (Å²) in [5.74, 6) is 0.108. The molecule has 0 spiro atoms. The molecule has 0 aliphatic heterocycles. The first-order valence-corrected chi connectivity index (χ1v) is 7.99. The number of ether oxygens (including phenoxy) is 2. The predicted octanol–water partition coefficient (Wildman–Crippen LogP) is 3.36. The van der Waals surface area contributed by atoms with E-state index >= 15 is 0 Å². The summed E-state index contributed by atoms with van der Waals surface area (Å²) in [5.41, 5.74) is 1.07. The van der Waals surface area contributed by atoms with Gasteiger partial charge in [0, 0.05) is 12.2 Å². The number of halogens is 1. The van der Waals surface area contributed by atoms with Gasteiger partial charge in [-0.1, -0.05) is 17.7 Å². The molecule has 0 unspecified atom stereocenters. The monoisotopic (exact) mass is 362 g/mol. The zero-order valence-corrected chi connectivity index (χ0v) is 14.9. The van der Waals surface area contributed by atoms with E-state index in [-0.39, 0.29) is 16.5 Å². The Hall–Kier alpha value is -2.73. The molecule has 0 saturated heterocycles. The van der Waals surface area contributed by atoms with Crippen LogP contribution in [0.1, 0.15) is 27.6 Å². The highest BCUT2D eigenvalue weighted by Crippen LogP contribution is 2.29. The largest absolute Gasteiger partial charge is 0.496 e. The molecule has 2 aromatic carbocycles. The van der Waals surface area contributed by atoms with E-state index < -0.39 is 5.91 Å². The summed E-state index contributed by atoms with van der Waals surface area (Å²) in [5, 5.41) is 5.65. The van der Waals surface area contributed by atoms with Crippen LogP contribution in [-0.4, -0.2) is 32.6 Å². The Kier molecular flexibility index (Phi) is 6.25. The molecular weight excluding hydrogens is 344 g/mol. The van der Waals surface area contributed by atoms with Crippen molar-refractivity contribution in [3.8, 4) is 11.5 Å². The van der Waals surface area contributed by atoms with Crippen LogP contribution >= 0.6 is 11.6 Å². The van der Waals surface area contributed by atoms with Crippen LogP contribution in [0.3, 0.4) is 0 Å². The molecule has 2 rings (SSSR count). The van der Waals surface area contributed by atoms with Gasteiger partial charge < -0.3 is 20.1 Å². The molecule has 2 amide bonds. The number of hydrogen-bond donors (Lipinski definition) is 2. The number of benzene rings is 2. The van der Waals surface area contributed by atoms with E-state index in [2.05, 4.69) is 10.6 Å². The Morgan fingerprint density at radius 3 is 2.20 bits per heavy atom. The zero-order chi connectivity index (χ0) is 18.4. The molecule has 25 heavy (non-hydrogen) atoms. The lowest BCUT2D eigenvalue weighted by molar-refractivity contribution is 0.0955. The molecule has 7 heteroatoms. The van der Waals surface area contributed by atoms with Crippen molar-refractivity contribution in [1.29, 1.82) is 0 Å². The molecule has 0 radical (unpaired) electrons. The minimum Gasteiger partial charge on any atom is -0.496 e. The molecule has 0 atom stereocenters. The predicted molar refractivity (Wildman–Crippen MR) is 97.0 cm³/mol. The number of hydrogen-bond acceptors (Lipinski definition) is 4. The molecule has 0 aromatic heterocycles. The van der Waals surface area contributed by atoms with Gasteiger partial charge in [-0.25, -0.2) is 0 Å². The fourth-order valence-corrected chi connectivity index (χ4v) is 2.57. The van der Waals surface area contributed by atoms with E-state index in [0.29, 0.717) is 29.3 Å². The van der Waals surface area contributed by atoms with E-state index in [1.807, 2.05) is 6.92 Å². The number of amides is 2. The second kappa shape index (κ2) is 8.39. The van der Waals surface area contributed by atoms with Gasteiger partial charge in [0.05, 0.1) is 24.8 Å². The maximum absolute atomic E-state index is 12.6. The van der Waals surface area contributed by atoms with Gasteiger partial charge in [0.2, 0.25) is 0 Å². The third-order valence-corrected chi connectivity index (χ3v) is 3.78. The van der Waals surface area contributed by atoms with Crippen molar-refractivity contribution < 1.29 is 19.1 Å². The van der Waals surface area contributed by atoms with E-state index in [1.54, 1.807) is 30.3 Å². The number of anilines is 1. The van der Waals surface area contributed by atoms with Crippen LogP contribution in [0.5, 0.6) is 11.5 Å². The molecule has 0 aliphatic carbocycles. The summed E-state index contributed by atoms with van der Waals surface area (Å²) in [6.07, 6.45) is 0. The highest BCUT2D eigenvalue weighted by Gasteiger charge is 2.19. The van der Waals surface area contributed by atoms with Gasteiger partial charge in [0.25, 0.3) is 11.8 Å². The summed E-state index contributed by atoms with van der Waals surface area (Å²) >= 11 is 6.15. The van der Waals surface area contributed by atoms with Gasteiger partial charge in [0.15, 0.2) is 0 Å². The van der Waals surface area contributed by atoms with Crippen molar-refractivity contribution in [2.75, 3.05) is 26.1 Å². The van der Waals surface area contributed by atoms with Gasteiger partial charge in [-0.2, -0.15) is 0 Å². The van der Waals surface area contributed by atoms with Crippen LogP contribution < -0.4 is 20.1 Å². The molecule has 6 nitrogen and oxygen atoms in total. The van der Waals surface area contributed by atoms with Crippen molar-refractivity contribution in [3.63, 3.8) is 0 Å². The lowest BCUT2D eigenvalue weighted by atomic mass is 10.1. The number of methoxy groups -OCH3 is 2. The first-order chi connectivity index (χ1) is 12.0. The third-order valence-electron chi connectivity index (χ3n) is 3.46. The fourth-order valence-electron chi connectivity index (χ4n) is 2.30. The Morgan fingerprint density at radius 2 is 1.68 bits per heavy atom. The summed E-state index contributed by atoms with van der Waals surface area (Å²) < 4.78 is 10.5. The summed E-state index contributed by atoms with van der Waals surface area (Å²) in [7, 11) is 2.95. The topological polar surface area (TPSA) is 76.7 Å². The molecule has 0 saturated carbocycles. The Balaban J connectivity index is 2.27. The second-order valence-corrected chi connectivity index (χ2v) is 5.45. The van der Waals surface area contributed by atoms with Gasteiger partial charge in [-0.05, 0) is 37.3 Å². The molecule has 0 fully saturated rings. The minimum atomic E-state index is -0.406. The molecule has 2 aromatic rings. The van der Waals surface area contributed by atoms with Gasteiger partial charge in [-0.15, -0.1) is 0 Å². The quantitative estimate of drug-likeness (QED) is 0.826. The maximum atomic E-state index is 12.6. The normalized spacial score (nSPS) is 10.1. The Labute approximate surface area is 151 Å². The number of rotatable bonds is 6. The molecular formula is C18H19ClN2O4. The molecule has 0 heterocycles. The van der Waals surface area contributed by atoms with Crippen LogP contribution in [0.15, 0.2) is 36.4 Å². The summed E-state index contributed by atoms with van der Waals surface area (Å²) in [6.45, 7) is 2.32. The van der Waals surface area contributed by atoms with Crippen molar-refractivity contribution in [2.45, 2.75) is 6.92 Å². The molecule has 0 aliphatic rings. The van der Waals surface area contributed by atoms with Crippen LogP contribution in [0.25, 0.3) is 0 Å². The van der Waals surface area contributed by atoms with Crippen molar-refractivity contribution in [2.24, 2.45) is 0 Å². The van der Waals surface area contributed by atoms with E-state index in [1.165, 1.54) is 20.3 Å². The Morgan fingerprint density at radius 1 is 1.04 bits per heavy atom. The lowest BCUT2D eigenvalue weighted by Gasteiger charge is -2.13. The lowest BCUT2D eigenvalue weighted by Crippen LogP contribution is -2.23. The highest BCUT2D eigenvalue weighted by atomic mass is 35.5. The summed E-state index contributed by atoms with van der Waals surface area (Å²) in [6, 6.07) is 9.75. The smallest absolute Gasteiger partial charge is 0.263 e. The van der Waals surface area contributed by atoms with Crippen molar-refractivity contribution >= 4 is 29.1 Å². The van der Waals surface area contributed by atoms with Crippen LogP contribution in [0.2, 0.25) is 5.02 Å². The van der Waals surface area contributed by atoms with Crippen LogP contribution in [0.4, 0.5) is 5.69 Å². The number of carbonyl (C=O) groups excluding carboxylic acids is 2. The van der Waals surface area contributed by atoms with Gasteiger partial charge in [-0.3, -0.25) is 9.59 Å².